The lowest BCUT2D eigenvalue weighted by molar-refractivity contribution is 0.0258. The Morgan fingerprint density at radius 3 is 2.56 bits per heavy atom. The molecule has 27 heavy (non-hydrogen) atoms. The first-order chi connectivity index (χ1) is 12.6. The molecule has 1 aromatic rings. The summed E-state index contributed by atoms with van der Waals surface area (Å²) >= 11 is 0. The highest BCUT2D eigenvalue weighted by molar-refractivity contribution is 14.0. The fourth-order valence-corrected chi connectivity index (χ4v) is 2.39. The number of pyridine rings is 1. The molecular formula is C19H35IN4O3. The molecule has 7 nitrogen and oxygen atoms in total. The molecule has 0 aliphatic carbocycles. The first-order valence-corrected chi connectivity index (χ1v) is 9.23. The van der Waals surface area contributed by atoms with Gasteiger partial charge in [-0.2, -0.15) is 0 Å². The number of methoxy groups -OCH3 is 1. The summed E-state index contributed by atoms with van der Waals surface area (Å²) in [5.74, 6) is 1.87. The predicted octanol–water partition coefficient (Wildman–Crippen LogP) is 2.84. The van der Waals surface area contributed by atoms with Crippen LogP contribution in [0.4, 0.5) is 0 Å². The van der Waals surface area contributed by atoms with Gasteiger partial charge in [0.15, 0.2) is 5.96 Å². The highest BCUT2D eigenvalue weighted by Gasteiger charge is 2.12. The Kier molecular flexibility index (Phi) is 15.2. The lowest BCUT2D eigenvalue weighted by atomic mass is 10.0. The van der Waals surface area contributed by atoms with Gasteiger partial charge in [0.05, 0.1) is 12.7 Å². The summed E-state index contributed by atoms with van der Waals surface area (Å²) in [5.41, 5.74) is 1.06. The second-order valence-corrected chi connectivity index (χ2v) is 6.22. The lowest BCUT2D eigenvalue weighted by Crippen LogP contribution is -2.38. The molecule has 0 spiro atoms. The van der Waals surface area contributed by atoms with E-state index in [2.05, 4.69) is 34.5 Å². The number of hydrogen-bond donors (Lipinski definition) is 2. The van der Waals surface area contributed by atoms with Crippen LogP contribution in [0.15, 0.2) is 23.3 Å². The van der Waals surface area contributed by atoms with E-state index in [1.165, 1.54) is 0 Å². The highest BCUT2D eigenvalue weighted by Crippen LogP contribution is 2.10. The Bertz CT molecular complexity index is 512. The topological polar surface area (TPSA) is 77.0 Å². The van der Waals surface area contributed by atoms with Crippen LogP contribution in [0, 0.1) is 5.92 Å². The van der Waals surface area contributed by atoms with Crippen LogP contribution in [0.3, 0.4) is 0 Å². The third-order valence-corrected chi connectivity index (χ3v) is 3.86. The van der Waals surface area contributed by atoms with Crippen molar-refractivity contribution in [1.29, 1.82) is 0 Å². The minimum absolute atomic E-state index is 0. The van der Waals surface area contributed by atoms with Crippen LogP contribution in [0.1, 0.15) is 32.8 Å². The van der Waals surface area contributed by atoms with Gasteiger partial charge in [-0.25, -0.2) is 4.98 Å². The molecule has 8 heteroatoms. The number of hydrogen-bond acceptors (Lipinski definition) is 5. The molecule has 0 bridgehead atoms. The van der Waals surface area contributed by atoms with E-state index in [-0.39, 0.29) is 30.1 Å². The highest BCUT2D eigenvalue weighted by atomic mass is 127. The summed E-state index contributed by atoms with van der Waals surface area (Å²) in [4.78, 5) is 8.54. The molecule has 0 radical (unpaired) electrons. The SMILES string of the molecule is CCOC(CCNC(=NC)NCc1ccc(OCCOC)nc1)C(C)C.I. The van der Waals surface area contributed by atoms with E-state index in [0.29, 0.717) is 31.6 Å². The number of aliphatic imine (C=N–C) groups is 1. The maximum atomic E-state index is 5.77. The van der Waals surface area contributed by atoms with Gasteiger partial charge in [0.25, 0.3) is 0 Å². The first-order valence-electron chi connectivity index (χ1n) is 9.23. The number of nitrogens with zero attached hydrogens (tertiary/aromatic N) is 2. The molecule has 0 aliphatic heterocycles. The molecule has 1 heterocycles. The normalized spacial score (nSPS) is 12.4. The maximum absolute atomic E-state index is 5.77. The smallest absolute Gasteiger partial charge is 0.213 e. The largest absolute Gasteiger partial charge is 0.475 e. The third kappa shape index (κ3) is 11.3. The fraction of sp³-hybridized carbons (Fsp3) is 0.684. The molecule has 1 unspecified atom stereocenters. The molecule has 0 saturated heterocycles. The van der Waals surface area contributed by atoms with Crippen LogP contribution in [0.5, 0.6) is 5.88 Å². The number of guanidine groups is 1. The number of ether oxygens (including phenoxy) is 3. The van der Waals surface area contributed by atoms with E-state index >= 15 is 0 Å². The minimum Gasteiger partial charge on any atom is -0.475 e. The lowest BCUT2D eigenvalue weighted by Gasteiger charge is -2.21. The Morgan fingerprint density at radius 2 is 2.00 bits per heavy atom. The van der Waals surface area contributed by atoms with E-state index in [9.17, 15) is 0 Å². The molecule has 1 rings (SSSR count). The first kappa shape index (κ1) is 25.9. The Hall–Kier alpha value is -1.13. The Labute approximate surface area is 180 Å². The zero-order valence-corrected chi connectivity index (χ0v) is 19.5. The summed E-state index contributed by atoms with van der Waals surface area (Å²) in [5, 5.41) is 6.62. The van der Waals surface area contributed by atoms with Gasteiger partial charge in [-0.15, -0.1) is 24.0 Å². The Morgan fingerprint density at radius 1 is 1.22 bits per heavy atom. The van der Waals surface area contributed by atoms with Gasteiger partial charge in [-0.1, -0.05) is 19.9 Å². The second kappa shape index (κ2) is 15.9. The van der Waals surface area contributed by atoms with Gasteiger partial charge >= 0.3 is 0 Å². The van der Waals surface area contributed by atoms with Gasteiger partial charge in [0.1, 0.15) is 6.61 Å². The predicted molar refractivity (Wildman–Crippen MR) is 120 cm³/mol. The minimum atomic E-state index is 0. The molecule has 0 fully saturated rings. The van der Waals surface area contributed by atoms with E-state index < -0.39 is 0 Å². The molecule has 1 aromatic heterocycles. The average molecular weight is 494 g/mol. The van der Waals surface area contributed by atoms with Gasteiger partial charge < -0.3 is 24.8 Å². The monoisotopic (exact) mass is 494 g/mol. The van der Waals surface area contributed by atoms with E-state index in [1.54, 1.807) is 20.4 Å². The average Bonchev–Trinajstić information content (AvgIpc) is 2.64. The molecule has 1 atom stereocenters. The number of nitrogens with one attached hydrogen (secondary N) is 2. The van der Waals surface area contributed by atoms with Crippen LogP contribution in [-0.4, -0.2) is 57.6 Å². The van der Waals surface area contributed by atoms with Crippen molar-refractivity contribution >= 4 is 29.9 Å². The van der Waals surface area contributed by atoms with Crippen molar-refractivity contribution in [2.45, 2.75) is 39.8 Å². The zero-order valence-electron chi connectivity index (χ0n) is 17.2. The van der Waals surface area contributed by atoms with Gasteiger partial charge in [0.2, 0.25) is 5.88 Å². The van der Waals surface area contributed by atoms with Crippen molar-refractivity contribution < 1.29 is 14.2 Å². The summed E-state index contributed by atoms with van der Waals surface area (Å²) in [6.45, 7) is 9.65. The number of aromatic nitrogens is 1. The standard InChI is InChI=1S/C19H34N4O3.HI/c1-6-25-17(15(2)3)9-10-21-19(20-4)23-14-16-7-8-18(22-13-16)26-12-11-24-5;/h7-8,13,15,17H,6,9-12,14H2,1-5H3,(H2,20,21,23);1H. The van der Waals surface area contributed by atoms with Crippen molar-refractivity contribution in [2.75, 3.05) is 40.5 Å². The van der Waals surface area contributed by atoms with Crippen molar-refractivity contribution in [3.05, 3.63) is 23.9 Å². The summed E-state index contributed by atoms with van der Waals surface area (Å²) in [7, 11) is 3.41. The van der Waals surface area contributed by atoms with Gasteiger partial charge in [0, 0.05) is 46.1 Å². The maximum Gasteiger partial charge on any atom is 0.213 e. The van der Waals surface area contributed by atoms with Crippen LogP contribution in [0.25, 0.3) is 0 Å². The Balaban J connectivity index is 0.00000676. The summed E-state index contributed by atoms with van der Waals surface area (Å²) in [6.07, 6.45) is 3.01. The molecule has 2 N–H and O–H groups in total. The van der Waals surface area contributed by atoms with Crippen LogP contribution in [-0.2, 0) is 16.0 Å². The number of rotatable bonds is 12. The van der Waals surface area contributed by atoms with Crippen molar-refractivity contribution in [1.82, 2.24) is 15.6 Å². The zero-order chi connectivity index (χ0) is 19.2. The van der Waals surface area contributed by atoms with Gasteiger partial charge in [-0.3, -0.25) is 4.99 Å². The van der Waals surface area contributed by atoms with Crippen LogP contribution >= 0.6 is 24.0 Å². The molecule has 0 amide bonds. The fourth-order valence-electron chi connectivity index (χ4n) is 2.39. The van der Waals surface area contributed by atoms with Crippen LogP contribution < -0.4 is 15.4 Å². The van der Waals surface area contributed by atoms with E-state index in [0.717, 1.165) is 31.1 Å². The molecule has 0 saturated carbocycles. The molecule has 0 aromatic carbocycles. The van der Waals surface area contributed by atoms with Crippen LogP contribution in [0.2, 0.25) is 0 Å². The number of halogens is 1. The third-order valence-electron chi connectivity index (χ3n) is 3.86. The molecule has 156 valence electrons. The molecular weight excluding hydrogens is 459 g/mol. The second-order valence-electron chi connectivity index (χ2n) is 6.22. The van der Waals surface area contributed by atoms with E-state index in [1.807, 2.05) is 19.1 Å². The summed E-state index contributed by atoms with van der Waals surface area (Å²) in [6, 6.07) is 3.84. The summed E-state index contributed by atoms with van der Waals surface area (Å²) < 4.78 is 16.2. The van der Waals surface area contributed by atoms with Crippen molar-refractivity contribution in [3.63, 3.8) is 0 Å². The van der Waals surface area contributed by atoms with Crippen molar-refractivity contribution in [3.8, 4) is 5.88 Å². The van der Waals surface area contributed by atoms with Crippen molar-refractivity contribution in [2.24, 2.45) is 10.9 Å². The molecule has 0 aliphatic rings. The quantitative estimate of drug-likeness (QED) is 0.202. The van der Waals surface area contributed by atoms with E-state index in [4.69, 9.17) is 14.2 Å². The van der Waals surface area contributed by atoms with Gasteiger partial charge in [-0.05, 0) is 24.8 Å².